The van der Waals surface area contributed by atoms with E-state index in [1.54, 1.807) is 0 Å². The molecule has 0 saturated carbocycles. The molecular weight excluding hydrogens is 575 g/mol. The van der Waals surface area contributed by atoms with Crippen LogP contribution in [-0.4, -0.2) is 0 Å². The van der Waals surface area contributed by atoms with Crippen molar-refractivity contribution in [2.75, 3.05) is 4.90 Å². The van der Waals surface area contributed by atoms with Gasteiger partial charge in [0.25, 0.3) is 0 Å². The van der Waals surface area contributed by atoms with E-state index in [0.29, 0.717) is 0 Å². The molecule has 2 heteroatoms. The van der Waals surface area contributed by atoms with Gasteiger partial charge in [0.2, 0.25) is 0 Å². The van der Waals surface area contributed by atoms with Crippen LogP contribution < -0.4 is 4.90 Å². The molecule has 216 valence electrons. The third-order valence-electron chi connectivity index (χ3n) is 9.06. The van der Waals surface area contributed by atoms with Crippen molar-refractivity contribution in [1.29, 1.82) is 0 Å². The van der Waals surface area contributed by atoms with Crippen molar-refractivity contribution in [1.82, 2.24) is 0 Å². The quantitative estimate of drug-likeness (QED) is 0.189. The molecule has 0 spiro atoms. The first-order chi connectivity index (χ1) is 22.8. The van der Waals surface area contributed by atoms with Crippen LogP contribution in [0.15, 0.2) is 176 Å². The maximum atomic E-state index is 2.38. The van der Waals surface area contributed by atoms with Crippen LogP contribution in [0.3, 0.4) is 0 Å². The van der Waals surface area contributed by atoms with Crippen molar-refractivity contribution in [3.8, 4) is 22.3 Å². The van der Waals surface area contributed by atoms with Gasteiger partial charge < -0.3 is 4.90 Å². The summed E-state index contributed by atoms with van der Waals surface area (Å²) in [5, 5.41) is 7.74. The summed E-state index contributed by atoms with van der Waals surface area (Å²) in [6, 6.07) is 63.9. The molecule has 1 heterocycles. The summed E-state index contributed by atoms with van der Waals surface area (Å²) in [7, 11) is 0. The minimum absolute atomic E-state index is 1.13. The van der Waals surface area contributed by atoms with E-state index in [0.717, 1.165) is 17.1 Å². The van der Waals surface area contributed by atoms with Gasteiger partial charge >= 0.3 is 0 Å². The third-order valence-corrected chi connectivity index (χ3v) is 10.3. The number of hydrogen-bond acceptors (Lipinski definition) is 2. The summed E-state index contributed by atoms with van der Waals surface area (Å²) in [4.78, 5) is 2.38. The maximum absolute atomic E-state index is 2.38. The van der Waals surface area contributed by atoms with Crippen molar-refractivity contribution in [2.45, 2.75) is 0 Å². The van der Waals surface area contributed by atoms with Gasteiger partial charge in [-0.25, -0.2) is 0 Å². The third kappa shape index (κ3) is 4.54. The lowest BCUT2D eigenvalue weighted by Crippen LogP contribution is -2.09. The standard InChI is InChI=1S/C44H29NS/c1-2-9-30(10-3-1)31-17-22-35(23-18-31)45(36-24-19-34(20-25-36)39-16-8-13-32-11-4-6-14-38(32)39)37-26-28-43-42(29-37)41-27-21-33-12-5-7-15-40(33)44(41)46-43/h1-29H. The first-order valence-corrected chi connectivity index (χ1v) is 16.5. The SMILES string of the molecule is c1ccc(-c2ccc(N(c3ccc(-c4cccc5ccccc45)cc3)c3ccc4sc5c6ccccc6ccc5c4c3)cc2)cc1. The Morgan fingerprint density at radius 3 is 1.70 bits per heavy atom. The highest BCUT2D eigenvalue weighted by Gasteiger charge is 2.16. The van der Waals surface area contributed by atoms with E-state index in [-0.39, 0.29) is 0 Å². The normalized spacial score (nSPS) is 11.5. The lowest BCUT2D eigenvalue weighted by molar-refractivity contribution is 1.29. The van der Waals surface area contributed by atoms with Gasteiger partial charge in [0.05, 0.1) is 0 Å². The summed E-state index contributed by atoms with van der Waals surface area (Å²) in [5.74, 6) is 0. The van der Waals surface area contributed by atoms with E-state index in [9.17, 15) is 0 Å². The first-order valence-electron chi connectivity index (χ1n) is 15.7. The van der Waals surface area contributed by atoms with Gasteiger partial charge in [-0.15, -0.1) is 11.3 Å². The Morgan fingerprint density at radius 2 is 0.935 bits per heavy atom. The van der Waals surface area contributed by atoms with Crippen molar-refractivity contribution >= 4 is 70.1 Å². The van der Waals surface area contributed by atoms with Crippen LogP contribution >= 0.6 is 11.3 Å². The van der Waals surface area contributed by atoms with Crippen molar-refractivity contribution in [3.05, 3.63) is 176 Å². The number of thiophene rings is 1. The highest BCUT2D eigenvalue weighted by Crippen LogP contribution is 2.43. The molecule has 0 atom stereocenters. The van der Waals surface area contributed by atoms with Crippen LogP contribution in [0.4, 0.5) is 17.1 Å². The summed E-state index contributed by atoms with van der Waals surface area (Å²) < 4.78 is 2.66. The predicted octanol–water partition coefficient (Wildman–Crippen LogP) is 13.2. The van der Waals surface area contributed by atoms with Crippen molar-refractivity contribution in [3.63, 3.8) is 0 Å². The molecule has 0 fully saturated rings. The zero-order valence-electron chi connectivity index (χ0n) is 25.1. The molecule has 1 aromatic heterocycles. The number of rotatable bonds is 5. The smallest absolute Gasteiger partial charge is 0.0468 e. The summed E-state index contributed by atoms with van der Waals surface area (Å²) >= 11 is 1.88. The minimum Gasteiger partial charge on any atom is -0.310 e. The average molecular weight is 604 g/mol. The molecule has 0 aliphatic rings. The molecule has 0 saturated heterocycles. The van der Waals surface area contributed by atoms with Crippen LogP contribution in [0.1, 0.15) is 0 Å². The molecular formula is C44H29NS. The first kappa shape index (κ1) is 26.7. The van der Waals surface area contributed by atoms with Crippen molar-refractivity contribution in [2.24, 2.45) is 0 Å². The Morgan fingerprint density at radius 1 is 0.348 bits per heavy atom. The summed E-state index contributed by atoms with van der Waals surface area (Å²) in [6.45, 7) is 0. The topological polar surface area (TPSA) is 3.24 Å². The monoisotopic (exact) mass is 603 g/mol. The zero-order chi connectivity index (χ0) is 30.5. The van der Waals surface area contributed by atoms with Crippen LogP contribution in [0.2, 0.25) is 0 Å². The minimum atomic E-state index is 1.13. The largest absolute Gasteiger partial charge is 0.310 e. The molecule has 0 radical (unpaired) electrons. The van der Waals surface area contributed by atoms with Gasteiger partial charge in [0, 0.05) is 37.2 Å². The molecule has 0 amide bonds. The summed E-state index contributed by atoms with van der Waals surface area (Å²) in [6.07, 6.45) is 0. The molecule has 0 N–H and O–H groups in total. The summed E-state index contributed by atoms with van der Waals surface area (Å²) in [5.41, 5.74) is 8.29. The van der Waals surface area contributed by atoms with E-state index in [4.69, 9.17) is 0 Å². The number of anilines is 3. The zero-order valence-corrected chi connectivity index (χ0v) is 25.9. The Bertz CT molecular complexity index is 2500. The van der Waals surface area contributed by atoms with Crippen molar-refractivity contribution < 1.29 is 0 Å². The van der Waals surface area contributed by atoms with Gasteiger partial charge in [-0.3, -0.25) is 0 Å². The fourth-order valence-corrected chi connectivity index (χ4v) is 8.00. The second-order valence-corrected chi connectivity index (χ2v) is 12.8. The van der Waals surface area contributed by atoms with Crippen LogP contribution in [0.5, 0.6) is 0 Å². The molecule has 0 unspecified atom stereocenters. The van der Waals surface area contributed by atoms with E-state index >= 15 is 0 Å². The van der Waals surface area contributed by atoms with Gasteiger partial charge in [-0.1, -0.05) is 133 Å². The van der Waals surface area contributed by atoms with Crippen LogP contribution in [-0.2, 0) is 0 Å². The van der Waals surface area contributed by atoms with E-state index in [1.165, 1.54) is 64.0 Å². The highest BCUT2D eigenvalue weighted by molar-refractivity contribution is 7.26. The molecule has 9 rings (SSSR count). The Labute approximate surface area is 272 Å². The second-order valence-electron chi connectivity index (χ2n) is 11.8. The molecule has 0 aliphatic heterocycles. The average Bonchev–Trinajstić information content (AvgIpc) is 3.51. The lowest BCUT2D eigenvalue weighted by Gasteiger charge is -2.26. The molecule has 0 bridgehead atoms. The van der Waals surface area contributed by atoms with Gasteiger partial charge in [-0.05, 0) is 86.3 Å². The van der Waals surface area contributed by atoms with E-state index < -0.39 is 0 Å². The molecule has 0 aliphatic carbocycles. The number of benzene rings is 8. The Kier molecular flexibility index (Phi) is 6.40. The second kappa shape index (κ2) is 11.0. The highest BCUT2D eigenvalue weighted by atomic mass is 32.1. The molecule has 46 heavy (non-hydrogen) atoms. The van der Waals surface area contributed by atoms with Crippen LogP contribution in [0, 0.1) is 0 Å². The number of nitrogens with zero attached hydrogens (tertiary/aromatic N) is 1. The van der Waals surface area contributed by atoms with Crippen LogP contribution in [0.25, 0.3) is 64.0 Å². The van der Waals surface area contributed by atoms with Gasteiger partial charge in [0.1, 0.15) is 0 Å². The Hall–Kier alpha value is -5.70. The van der Waals surface area contributed by atoms with Gasteiger partial charge in [-0.2, -0.15) is 0 Å². The van der Waals surface area contributed by atoms with Gasteiger partial charge in [0.15, 0.2) is 0 Å². The number of fused-ring (bicyclic) bond motifs is 6. The predicted molar refractivity (Wildman–Crippen MR) is 200 cm³/mol. The fraction of sp³-hybridized carbons (Fsp3) is 0. The number of hydrogen-bond donors (Lipinski definition) is 0. The van der Waals surface area contributed by atoms with E-state index in [2.05, 4.69) is 181 Å². The lowest BCUT2D eigenvalue weighted by atomic mass is 9.98. The maximum Gasteiger partial charge on any atom is 0.0468 e. The molecule has 1 nitrogen and oxygen atoms in total. The molecule has 8 aromatic carbocycles. The Balaban J connectivity index is 1.19. The fourth-order valence-electron chi connectivity index (χ4n) is 6.78. The molecule has 9 aromatic rings. The van der Waals surface area contributed by atoms with E-state index in [1.807, 2.05) is 11.3 Å².